The van der Waals surface area contributed by atoms with Gasteiger partial charge in [0, 0.05) is 27.0 Å². The van der Waals surface area contributed by atoms with Crippen LogP contribution in [0.15, 0.2) is 32.1 Å². The van der Waals surface area contributed by atoms with Gasteiger partial charge < -0.3 is 30.1 Å². The van der Waals surface area contributed by atoms with Gasteiger partial charge in [-0.05, 0) is 20.8 Å². The molecule has 0 unspecified atom stereocenters. The summed E-state index contributed by atoms with van der Waals surface area (Å²) >= 11 is 3.51. The number of ether oxygens (including phenoxy) is 3. The van der Waals surface area contributed by atoms with Crippen LogP contribution in [0.4, 0.5) is 5.13 Å². The SMILES string of the molecule is CO/N=C(\C(=O)N[C@@H]1C(=O)N2C(C(=O)OCOC(=O)C(C)(C)C)=C(SC3=CC(=O)OC3)CS[C@@H]12)c1csc(N)n1. The number of anilines is 1. The number of nitrogens with one attached hydrogen (secondary N) is 1. The molecule has 0 aliphatic carbocycles. The number of aromatic nitrogens is 1. The van der Waals surface area contributed by atoms with Crippen LogP contribution in [-0.2, 0) is 43.0 Å². The van der Waals surface area contributed by atoms with Crippen molar-refractivity contribution in [3.63, 3.8) is 0 Å². The Bertz CT molecular complexity index is 1350. The lowest BCUT2D eigenvalue weighted by Gasteiger charge is -2.49. The number of esters is 3. The van der Waals surface area contributed by atoms with E-state index in [1.165, 1.54) is 35.2 Å². The maximum atomic E-state index is 13.3. The minimum atomic E-state index is -1.00. The highest BCUT2D eigenvalue weighted by molar-refractivity contribution is 8.09. The third kappa shape index (κ3) is 6.26. The number of thioether (sulfide) groups is 2. The smallest absolute Gasteiger partial charge is 0.358 e. The number of nitrogens with zero attached hydrogens (tertiary/aromatic N) is 3. The van der Waals surface area contributed by atoms with Gasteiger partial charge in [-0.1, -0.05) is 16.9 Å². The minimum Gasteiger partial charge on any atom is -0.457 e. The normalized spacial score (nSPS) is 20.8. The molecule has 3 aliphatic heterocycles. The van der Waals surface area contributed by atoms with E-state index in [1.54, 1.807) is 20.8 Å². The van der Waals surface area contributed by atoms with Crippen molar-refractivity contribution in [3.8, 4) is 0 Å². The molecule has 0 spiro atoms. The number of rotatable bonds is 9. The first-order valence-corrected chi connectivity index (χ1v) is 14.4. The maximum Gasteiger partial charge on any atom is 0.358 e. The number of carbonyl (C=O) groups excluding carboxylic acids is 5. The van der Waals surface area contributed by atoms with E-state index in [4.69, 9.17) is 24.8 Å². The lowest BCUT2D eigenvalue weighted by atomic mass is 9.98. The molecular formula is C23H25N5O9S3. The fourth-order valence-electron chi connectivity index (χ4n) is 3.56. The number of β-lactam (4-membered cyclic amide) rings is 1. The van der Waals surface area contributed by atoms with Crippen LogP contribution in [0.25, 0.3) is 0 Å². The molecule has 1 aromatic heterocycles. The Labute approximate surface area is 240 Å². The number of oxime groups is 1. The van der Waals surface area contributed by atoms with Crippen LogP contribution in [0.3, 0.4) is 0 Å². The summed E-state index contributed by atoms with van der Waals surface area (Å²) in [6.07, 6.45) is 1.30. The molecule has 4 rings (SSSR count). The Balaban J connectivity index is 1.52. The summed E-state index contributed by atoms with van der Waals surface area (Å²) in [5, 5.41) is 7.43. The van der Waals surface area contributed by atoms with Gasteiger partial charge in [0.25, 0.3) is 11.8 Å². The summed E-state index contributed by atoms with van der Waals surface area (Å²) in [5.41, 5.74) is 4.78. The van der Waals surface area contributed by atoms with E-state index in [-0.39, 0.29) is 34.6 Å². The zero-order valence-electron chi connectivity index (χ0n) is 21.7. The molecule has 3 aliphatic rings. The molecule has 214 valence electrons. The molecule has 2 amide bonds. The zero-order valence-corrected chi connectivity index (χ0v) is 24.2. The molecule has 17 heteroatoms. The average Bonchev–Trinajstić information content (AvgIpc) is 3.51. The molecule has 0 bridgehead atoms. The number of fused-ring (bicyclic) bond motifs is 1. The second-order valence-corrected chi connectivity index (χ2v) is 12.6. The van der Waals surface area contributed by atoms with Crippen LogP contribution in [0, 0.1) is 5.41 Å². The molecular weight excluding hydrogens is 586 g/mol. The fourth-order valence-corrected chi connectivity index (χ4v) is 6.61. The topological polar surface area (TPSA) is 189 Å². The van der Waals surface area contributed by atoms with Gasteiger partial charge in [0.05, 0.1) is 5.41 Å². The number of cyclic esters (lactones) is 1. The Morgan fingerprint density at radius 2 is 2.05 bits per heavy atom. The molecule has 4 heterocycles. The van der Waals surface area contributed by atoms with E-state index in [9.17, 15) is 24.0 Å². The molecule has 1 aromatic rings. The quantitative estimate of drug-likeness (QED) is 0.132. The van der Waals surface area contributed by atoms with Crippen LogP contribution in [0.5, 0.6) is 0 Å². The molecule has 40 heavy (non-hydrogen) atoms. The van der Waals surface area contributed by atoms with Crippen molar-refractivity contribution in [1.29, 1.82) is 0 Å². The van der Waals surface area contributed by atoms with Gasteiger partial charge in [0.15, 0.2) is 10.8 Å². The summed E-state index contributed by atoms with van der Waals surface area (Å²) < 4.78 is 15.2. The van der Waals surface area contributed by atoms with Gasteiger partial charge in [0.2, 0.25) is 6.79 Å². The van der Waals surface area contributed by atoms with Crippen LogP contribution in [0.2, 0.25) is 0 Å². The second-order valence-electron chi connectivity index (χ2n) is 9.38. The van der Waals surface area contributed by atoms with Gasteiger partial charge in [-0.15, -0.1) is 23.1 Å². The Kier molecular flexibility index (Phi) is 8.74. The van der Waals surface area contributed by atoms with E-state index in [0.29, 0.717) is 9.81 Å². The first-order chi connectivity index (χ1) is 18.9. The summed E-state index contributed by atoms with van der Waals surface area (Å²) in [6.45, 7) is 4.32. The highest BCUT2D eigenvalue weighted by atomic mass is 32.2. The number of carbonyl (C=O) groups is 5. The van der Waals surface area contributed by atoms with E-state index in [0.717, 1.165) is 23.1 Å². The second kappa shape index (κ2) is 11.9. The van der Waals surface area contributed by atoms with E-state index in [2.05, 4.69) is 15.5 Å². The molecule has 2 atom stereocenters. The number of nitrogens with two attached hydrogens (primary N) is 1. The van der Waals surface area contributed by atoms with Crippen molar-refractivity contribution >= 4 is 75.4 Å². The number of hydrogen-bond acceptors (Lipinski definition) is 15. The predicted molar refractivity (Wildman–Crippen MR) is 145 cm³/mol. The van der Waals surface area contributed by atoms with Crippen LogP contribution < -0.4 is 11.1 Å². The van der Waals surface area contributed by atoms with Gasteiger partial charge >= 0.3 is 17.9 Å². The zero-order chi connectivity index (χ0) is 29.2. The van der Waals surface area contributed by atoms with Gasteiger partial charge in [-0.2, -0.15) is 0 Å². The molecule has 1 saturated heterocycles. The molecule has 3 N–H and O–H groups in total. The van der Waals surface area contributed by atoms with Crippen LogP contribution in [-0.4, -0.2) is 83.0 Å². The average molecular weight is 612 g/mol. The van der Waals surface area contributed by atoms with Crippen molar-refractivity contribution in [3.05, 3.63) is 32.7 Å². The number of nitrogen functional groups attached to an aromatic ring is 1. The van der Waals surface area contributed by atoms with Gasteiger partial charge in [0.1, 0.15) is 36.5 Å². The Morgan fingerprint density at radius 3 is 2.65 bits per heavy atom. The van der Waals surface area contributed by atoms with Gasteiger partial charge in [-0.3, -0.25) is 19.3 Å². The number of hydrogen-bond donors (Lipinski definition) is 2. The highest BCUT2D eigenvalue weighted by Gasteiger charge is 2.55. The Hall–Kier alpha value is -3.57. The summed E-state index contributed by atoms with van der Waals surface area (Å²) in [6, 6.07) is -1.00. The minimum absolute atomic E-state index is 0.0298. The van der Waals surface area contributed by atoms with Crippen LogP contribution >= 0.6 is 34.9 Å². The molecule has 0 saturated carbocycles. The van der Waals surface area contributed by atoms with Crippen molar-refractivity contribution in [2.24, 2.45) is 10.6 Å². The van der Waals surface area contributed by atoms with Crippen LogP contribution in [0.1, 0.15) is 26.5 Å². The largest absolute Gasteiger partial charge is 0.457 e. The van der Waals surface area contributed by atoms with Crippen molar-refractivity contribution in [1.82, 2.24) is 15.2 Å². The standard InChI is InChI=1S/C23H25N5O9S3/c1-23(2,3)21(33)37-9-36-20(32)16-12(40-10-5-13(29)35-6-10)8-38-19-15(18(31)28(16)19)26-17(30)14(27-34-4)11-7-39-22(24)25-11/h5,7,15,19H,6,8-9H2,1-4H3,(H2,24,25)(H,26,30)/b27-14-/t15-,19+/m1/s1. The lowest BCUT2D eigenvalue weighted by Crippen LogP contribution is -2.71. The fraction of sp³-hybridized carbons (Fsp3) is 0.435. The lowest BCUT2D eigenvalue weighted by molar-refractivity contribution is -0.173. The van der Waals surface area contributed by atoms with E-state index in [1.807, 2.05) is 0 Å². The van der Waals surface area contributed by atoms with Crippen molar-refractivity contribution in [2.75, 3.05) is 32.0 Å². The summed E-state index contributed by atoms with van der Waals surface area (Å²) in [7, 11) is 1.26. The highest BCUT2D eigenvalue weighted by Crippen LogP contribution is 2.45. The van der Waals surface area contributed by atoms with Gasteiger partial charge in [-0.25, -0.2) is 14.6 Å². The summed E-state index contributed by atoms with van der Waals surface area (Å²) in [5.74, 6) is -3.04. The summed E-state index contributed by atoms with van der Waals surface area (Å²) in [4.78, 5) is 74.0. The third-order valence-electron chi connectivity index (χ3n) is 5.46. The monoisotopic (exact) mass is 611 g/mol. The third-order valence-corrected chi connectivity index (χ3v) is 8.68. The van der Waals surface area contributed by atoms with E-state index >= 15 is 0 Å². The first kappa shape index (κ1) is 29.4. The van der Waals surface area contributed by atoms with Crippen molar-refractivity contribution in [2.45, 2.75) is 32.2 Å². The molecule has 0 aromatic carbocycles. The molecule has 0 radical (unpaired) electrons. The molecule has 1 fully saturated rings. The maximum absolute atomic E-state index is 13.3. The first-order valence-electron chi connectivity index (χ1n) is 11.6. The van der Waals surface area contributed by atoms with E-state index < -0.39 is 53.3 Å². The number of amides is 2. The Morgan fingerprint density at radius 1 is 1.30 bits per heavy atom. The number of thiazole rings is 1. The van der Waals surface area contributed by atoms with Crippen molar-refractivity contribution < 1.29 is 43.0 Å². The predicted octanol–water partition coefficient (Wildman–Crippen LogP) is 0.951. The molecule has 14 nitrogen and oxygen atoms in total.